The summed E-state index contributed by atoms with van der Waals surface area (Å²) in [5, 5.41) is 8.08. The van der Waals surface area contributed by atoms with Gasteiger partial charge in [0, 0.05) is 13.2 Å². The summed E-state index contributed by atoms with van der Waals surface area (Å²) in [5.41, 5.74) is 0. The molecule has 3 nitrogen and oxygen atoms in total. The Morgan fingerprint density at radius 1 is 0.955 bits per heavy atom. The first-order valence-electron chi connectivity index (χ1n) is 9.51. The van der Waals surface area contributed by atoms with Gasteiger partial charge in [-0.05, 0) is 24.7 Å². The Bertz CT molecular complexity index is 201. The molecule has 3 heteroatoms. The van der Waals surface area contributed by atoms with Crippen molar-refractivity contribution >= 4 is 0 Å². The van der Waals surface area contributed by atoms with E-state index in [0.717, 1.165) is 31.7 Å². The van der Waals surface area contributed by atoms with E-state index in [-0.39, 0.29) is 12.7 Å². The maximum absolute atomic E-state index is 8.08. The predicted molar refractivity (Wildman–Crippen MR) is 94.3 cm³/mol. The Morgan fingerprint density at radius 3 is 1.64 bits per heavy atom. The minimum Gasteiger partial charge on any atom is -0.394 e. The Balaban J connectivity index is 0.000000734. The summed E-state index contributed by atoms with van der Waals surface area (Å²) in [6.45, 7) is 12.0. The highest BCUT2D eigenvalue weighted by Gasteiger charge is 2.19. The van der Waals surface area contributed by atoms with Crippen molar-refractivity contribution in [2.45, 2.75) is 85.2 Å². The van der Waals surface area contributed by atoms with Crippen LogP contribution in [0.2, 0.25) is 0 Å². The first-order chi connectivity index (χ1) is 10.7. The van der Waals surface area contributed by atoms with Crippen molar-refractivity contribution in [1.29, 1.82) is 0 Å². The third-order valence-electron chi connectivity index (χ3n) is 4.40. The molecule has 1 heterocycles. The molecule has 0 aliphatic carbocycles. The number of hydrogen-bond donors (Lipinski definition) is 1. The zero-order chi connectivity index (χ0) is 16.6. The van der Waals surface area contributed by atoms with E-state index in [1.165, 1.54) is 51.4 Å². The van der Waals surface area contributed by atoms with Crippen molar-refractivity contribution in [3.05, 3.63) is 0 Å². The van der Waals surface area contributed by atoms with Gasteiger partial charge in [-0.25, -0.2) is 0 Å². The lowest BCUT2D eigenvalue weighted by molar-refractivity contribution is 0.0630. The Kier molecular flexibility index (Phi) is 15.7. The molecule has 0 saturated carbocycles. The van der Waals surface area contributed by atoms with Crippen LogP contribution in [0.1, 0.15) is 79.1 Å². The number of hydrogen-bond acceptors (Lipinski definition) is 3. The Labute approximate surface area is 138 Å². The number of aliphatic hydroxyl groups is 1. The van der Waals surface area contributed by atoms with E-state index in [1.54, 1.807) is 0 Å². The number of aliphatic hydroxyl groups excluding tert-OH is 1. The molecule has 1 rings (SSSR count). The standard InChI is InChI=1S/C16H34O.C3H6O2/c1-5-9-11-15(7-3)13-17-14-16(8-4)12-10-6-2;4-1-3-2-5-3/h15-16H,5-14H2,1-4H3;3-4H,1-2H2. The molecule has 0 aromatic heterocycles. The molecule has 3 unspecified atom stereocenters. The van der Waals surface area contributed by atoms with Crippen LogP contribution < -0.4 is 0 Å². The first-order valence-corrected chi connectivity index (χ1v) is 9.51. The monoisotopic (exact) mass is 316 g/mol. The minimum absolute atomic E-state index is 0.190. The summed E-state index contributed by atoms with van der Waals surface area (Å²) in [6, 6.07) is 0. The molecule has 0 spiro atoms. The lowest BCUT2D eigenvalue weighted by Crippen LogP contribution is -2.14. The second-order valence-electron chi connectivity index (χ2n) is 6.51. The van der Waals surface area contributed by atoms with E-state index in [9.17, 15) is 0 Å². The van der Waals surface area contributed by atoms with Crippen LogP contribution in [0.5, 0.6) is 0 Å². The van der Waals surface area contributed by atoms with Gasteiger partial charge in [0.1, 0.15) is 6.10 Å². The van der Waals surface area contributed by atoms with Crippen molar-refractivity contribution in [3.8, 4) is 0 Å². The number of ether oxygens (including phenoxy) is 2. The highest BCUT2D eigenvalue weighted by molar-refractivity contribution is 4.65. The molecule has 22 heavy (non-hydrogen) atoms. The molecule has 3 atom stereocenters. The van der Waals surface area contributed by atoms with Crippen LogP contribution in [0.4, 0.5) is 0 Å². The van der Waals surface area contributed by atoms with Gasteiger partial charge in [-0.2, -0.15) is 0 Å². The molecular formula is C19H40O3. The van der Waals surface area contributed by atoms with Gasteiger partial charge in [-0.1, -0.05) is 66.2 Å². The minimum atomic E-state index is 0.190. The zero-order valence-electron chi connectivity index (χ0n) is 15.5. The number of epoxide rings is 1. The molecule has 0 radical (unpaired) electrons. The molecular weight excluding hydrogens is 276 g/mol. The van der Waals surface area contributed by atoms with Crippen LogP contribution in [0, 0.1) is 11.8 Å². The van der Waals surface area contributed by atoms with Crippen LogP contribution in [0.15, 0.2) is 0 Å². The summed E-state index contributed by atoms with van der Waals surface area (Å²) in [6.07, 6.45) is 10.8. The second-order valence-corrected chi connectivity index (χ2v) is 6.51. The molecule has 1 fully saturated rings. The summed E-state index contributed by atoms with van der Waals surface area (Å²) in [7, 11) is 0. The van der Waals surface area contributed by atoms with Crippen LogP contribution in [-0.4, -0.2) is 37.6 Å². The van der Waals surface area contributed by atoms with Gasteiger partial charge in [0.25, 0.3) is 0 Å². The predicted octanol–water partition coefficient (Wildman–Crippen LogP) is 4.81. The van der Waals surface area contributed by atoms with Crippen molar-refractivity contribution in [1.82, 2.24) is 0 Å². The molecule has 134 valence electrons. The van der Waals surface area contributed by atoms with Crippen molar-refractivity contribution < 1.29 is 14.6 Å². The van der Waals surface area contributed by atoms with Gasteiger partial charge in [0.05, 0.1) is 13.2 Å². The number of rotatable bonds is 13. The van der Waals surface area contributed by atoms with Gasteiger partial charge in [-0.3, -0.25) is 0 Å². The van der Waals surface area contributed by atoms with E-state index in [0.29, 0.717) is 0 Å². The van der Waals surface area contributed by atoms with Gasteiger partial charge < -0.3 is 14.6 Å². The average Bonchev–Trinajstić information content (AvgIpc) is 3.38. The smallest absolute Gasteiger partial charge is 0.104 e. The molecule has 0 aromatic rings. The van der Waals surface area contributed by atoms with E-state index < -0.39 is 0 Å². The zero-order valence-corrected chi connectivity index (χ0v) is 15.5. The van der Waals surface area contributed by atoms with Crippen molar-refractivity contribution in [2.24, 2.45) is 11.8 Å². The van der Waals surface area contributed by atoms with E-state index in [4.69, 9.17) is 9.84 Å². The van der Waals surface area contributed by atoms with Crippen LogP contribution in [0.25, 0.3) is 0 Å². The maximum atomic E-state index is 8.08. The summed E-state index contributed by atoms with van der Waals surface area (Å²) < 4.78 is 10.5. The molecule has 0 amide bonds. The van der Waals surface area contributed by atoms with E-state index in [1.807, 2.05) is 0 Å². The lowest BCUT2D eigenvalue weighted by Gasteiger charge is -2.18. The fourth-order valence-electron chi connectivity index (χ4n) is 2.37. The van der Waals surface area contributed by atoms with Crippen LogP contribution >= 0.6 is 0 Å². The second kappa shape index (κ2) is 15.8. The average molecular weight is 317 g/mol. The molecule has 0 bridgehead atoms. The van der Waals surface area contributed by atoms with Gasteiger partial charge >= 0.3 is 0 Å². The van der Waals surface area contributed by atoms with Crippen molar-refractivity contribution in [3.63, 3.8) is 0 Å². The summed E-state index contributed by atoms with van der Waals surface area (Å²) >= 11 is 0. The topological polar surface area (TPSA) is 42.0 Å². The highest BCUT2D eigenvalue weighted by Crippen LogP contribution is 2.16. The van der Waals surface area contributed by atoms with E-state index in [2.05, 4.69) is 32.4 Å². The highest BCUT2D eigenvalue weighted by atomic mass is 16.6. The van der Waals surface area contributed by atoms with Gasteiger partial charge in [-0.15, -0.1) is 0 Å². The third kappa shape index (κ3) is 13.5. The normalized spacial score (nSPS) is 19.2. The lowest BCUT2D eigenvalue weighted by atomic mass is 9.99. The van der Waals surface area contributed by atoms with Gasteiger partial charge in [0.15, 0.2) is 0 Å². The molecule has 1 saturated heterocycles. The van der Waals surface area contributed by atoms with Crippen LogP contribution in [0.3, 0.4) is 0 Å². The Hall–Kier alpha value is -0.120. The summed E-state index contributed by atoms with van der Waals surface area (Å²) in [5.74, 6) is 1.58. The molecule has 0 aromatic carbocycles. The first kappa shape index (κ1) is 21.9. The van der Waals surface area contributed by atoms with E-state index >= 15 is 0 Å². The van der Waals surface area contributed by atoms with Crippen molar-refractivity contribution in [2.75, 3.05) is 26.4 Å². The molecule has 1 aliphatic rings. The fraction of sp³-hybridized carbons (Fsp3) is 1.00. The van der Waals surface area contributed by atoms with Gasteiger partial charge in [0.2, 0.25) is 0 Å². The Morgan fingerprint density at radius 2 is 1.41 bits per heavy atom. The summed E-state index contributed by atoms with van der Waals surface area (Å²) in [4.78, 5) is 0. The molecule has 1 N–H and O–H groups in total. The largest absolute Gasteiger partial charge is 0.394 e. The fourth-order valence-corrected chi connectivity index (χ4v) is 2.37. The SMILES string of the molecule is CCCCC(CC)COCC(CC)CCCC.OCC1CO1. The third-order valence-corrected chi connectivity index (χ3v) is 4.40. The van der Waals surface area contributed by atoms with Crippen LogP contribution in [-0.2, 0) is 9.47 Å². The quantitative estimate of drug-likeness (QED) is 0.496. The molecule has 1 aliphatic heterocycles. The maximum Gasteiger partial charge on any atom is 0.104 e. The number of unbranched alkanes of at least 4 members (excludes halogenated alkanes) is 2.